The number of hydrogen-bond donors (Lipinski definition) is 2. The standard InChI is InChI=1S/C15H11N3O3/c19-12-7-4-8-16-14(12)18-15(20)11-9-17-21-13(11)10-5-2-1-3-6-10/h1-9,19H,(H,16,18,20). The molecule has 0 saturated carbocycles. The Bertz CT molecular complexity index is 769. The van der Waals surface area contributed by atoms with Crippen molar-refractivity contribution < 1.29 is 14.4 Å². The first kappa shape index (κ1) is 12.9. The average Bonchev–Trinajstić information content (AvgIpc) is 3.00. The zero-order valence-corrected chi connectivity index (χ0v) is 10.9. The van der Waals surface area contributed by atoms with Crippen molar-refractivity contribution in [2.75, 3.05) is 5.32 Å². The number of carbonyl (C=O) groups excluding carboxylic acids is 1. The van der Waals surface area contributed by atoms with Gasteiger partial charge >= 0.3 is 0 Å². The molecule has 1 aromatic carbocycles. The van der Waals surface area contributed by atoms with Crippen molar-refractivity contribution in [3.05, 3.63) is 60.4 Å². The number of aromatic nitrogens is 2. The van der Waals surface area contributed by atoms with Crippen LogP contribution in [0.2, 0.25) is 0 Å². The lowest BCUT2D eigenvalue weighted by atomic mass is 10.1. The van der Waals surface area contributed by atoms with Crippen molar-refractivity contribution in [1.82, 2.24) is 10.1 Å². The Morgan fingerprint density at radius 1 is 1.14 bits per heavy atom. The summed E-state index contributed by atoms with van der Waals surface area (Å²) in [5.74, 6) is -0.112. The van der Waals surface area contributed by atoms with Crippen molar-refractivity contribution in [3.8, 4) is 17.1 Å². The molecule has 1 amide bonds. The Hall–Kier alpha value is -3.15. The van der Waals surface area contributed by atoms with Gasteiger partial charge in [0, 0.05) is 11.8 Å². The highest BCUT2D eigenvalue weighted by Crippen LogP contribution is 2.25. The van der Waals surface area contributed by atoms with Crippen LogP contribution in [0.1, 0.15) is 10.4 Å². The maximum Gasteiger partial charge on any atom is 0.262 e. The lowest BCUT2D eigenvalue weighted by molar-refractivity contribution is 0.102. The van der Waals surface area contributed by atoms with Crippen molar-refractivity contribution in [1.29, 1.82) is 0 Å². The Balaban J connectivity index is 1.90. The van der Waals surface area contributed by atoms with E-state index in [-0.39, 0.29) is 17.1 Å². The molecule has 0 atom stereocenters. The number of rotatable bonds is 3. The highest BCUT2D eigenvalue weighted by atomic mass is 16.5. The summed E-state index contributed by atoms with van der Waals surface area (Å²) in [6.45, 7) is 0. The van der Waals surface area contributed by atoms with Gasteiger partial charge in [0.25, 0.3) is 5.91 Å². The number of carbonyl (C=O) groups is 1. The van der Waals surface area contributed by atoms with Crippen LogP contribution >= 0.6 is 0 Å². The molecule has 3 aromatic rings. The first-order valence-electron chi connectivity index (χ1n) is 6.21. The molecule has 104 valence electrons. The lowest BCUT2D eigenvalue weighted by Gasteiger charge is -2.05. The van der Waals surface area contributed by atoms with E-state index in [9.17, 15) is 9.90 Å². The van der Waals surface area contributed by atoms with Gasteiger partial charge in [0.15, 0.2) is 17.3 Å². The molecule has 2 heterocycles. The summed E-state index contributed by atoms with van der Waals surface area (Å²) < 4.78 is 5.15. The van der Waals surface area contributed by atoms with Gasteiger partial charge in [-0.2, -0.15) is 0 Å². The third-order valence-corrected chi connectivity index (χ3v) is 2.87. The van der Waals surface area contributed by atoms with Crippen molar-refractivity contribution in [3.63, 3.8) is 0 Å². The topological polar surface area (TPSA) is 88.2 Å². The Morgan fingerprint density at radius 3 is 2.71 bits per heavy atom. The first-order chi connectivity index (χ1) is 10.3. The Morgan fingerprint density at radius 2 is 1.95 bits per heavy atom. The number of hydrogen-bond acceptors (Lipinski definition) is 5. The van der Waals surface area contributed by atoms with Gasteiger partial charge in [-0.25, -0.2) is 4.98 Å². The van der Waals surface area contributed by atoms with Crippen LogP contribution in [0.5, 0.6) is 5.75 Å². The van der Waals surface area contributed by atoms with E-state index in [1.807, 2.05) is 30.3 Å². The van der Waals surface area contributed by atoms with E-state index in [1.54, 1.807) is 6.07 Å². The van der Waals surface area contributed by atoms with Crippen molar-refractivity contribution >= 4 is 11.7 Å². The van der Waals surface area contributed by atoms with Crippen molar-refractivity contribution in [2.24, 2.45) is 0 Å². The molecule has 0 radical (unpaired) electrons. The Labute approximate surface area is 120 Å². The number of aromatic hydroxyl groups is 1. The number of pyridine rings is 1. The molecule has 21 heavy (non-hydrogen) atoms. The fraction of sp³-hybridized carbons (Fsp3) is 0. The van der Waals surface area contributed by atoms with Crippen LogP contribution in [0.15, 0.2) is 59.4 Å². The monoisotopic (exact) mass is 281 g/mol. The summed E-state index contributed by atoms with van der Waals surface area (Å²) in [6.07, 6.45) is 2.80. The predicted octanol–water partition coefficient (Wildman–Crippen LogP) is 2.69. The predicted molar refractivity (Wildman–Crippen MR) is 75.8 cm³/mol. The highest BCUT2D eigenvalue weighted by molar-refractivity contribution is 6.07. The van der Waals surface area contributed by atoms with E-state index in [4.69, 9.17) is 4.52 Å². The molecule has 6 nitrogen and oxygen atoms in total. The minimum absolute atomic E-state index is 0.0858. The zero-order chi connectivity index (χ0) is 14.7. The van der Waals surface area contributed by atoms with Gasteiger partial charge in [0.05, 0.1) is 6.20 Å². The molecular formula is C15H11N3O3. The van der Waals surface area contributed by atoms with E-state index in [0.29, 0.717) is 5.76 Å². The van der Waals surface area contributed by atoms with E-state index in [1.165, 1.54) is 18.5 Å². The number of benzene rings is 1. The van der Waals surface area contributed by atoms with Gasteiger partial charge in [-0.1, -0.05) is 35.5 Å². The lowest BCUT2D eigenvalue weighted by Crippen LogP contribution is -2.13. The first-order valence-corrected chi connectivity index (χ1v) is 6.21. The molecular weight excluding hydrogens is 270 g/mol. The van der Waals surface area contributed by atoms with Gasteiger partial charge in [0.2, 0.25) is 0 Å². The molecule has 0 saturated heterocycles. The van der Waals surface area contributed by atoms with Crippen LogP contribution < -0.4 is 5.32 Å². The Kier molecular flexibility index (Phi) is 3.34. The van der Waals surface area contributed by atoms with Gasteiger partial charge in [-0.3, -0.25) is 4.79 Å². The molecule has 2 aromatic heterocycles. The molecule has 6 heteroatoms. The quantitative estimate of drug-likeness (QED) is 0.770. The highest BCUT2D eigenvalue weighted by Gasteiger charge is 2.19. The molecule has 0 aliphatic carbocycles. The number of nitrogens with zero attached hydrogens (tertiary/aromatic N) is 2. The van der Waals surface area contributed by atoms with E-state index >= 15 is 0 Å². The SMILES string of the molecule is O=C(Nc1ncccc1O)c1cnoc1-c1ccccc1. The number of anilines is 1. The summed E-state index contributed by atoms with van der Waals surface area (Å²) in [5, 5.41) is 15.8. The molecule has 2 N–H and O–H groups in total. The molecule has 0 aliphatic heterocycles. The molecule has 0 fully saturated rings. The normalized spacial score (nSPS) is 10.3. The van der Waals surface area contributed by atoms with E-state index in [0.717, 1.165) is 5.56 Å². The van der Waals surface area contributed by atoms with Crippen LogP contribution in [0.3, 0.4) is 0 Å². The fourth-order valence-corrected chi connectivity index (χ4v) is 1.87. The van der Waals surface area contributed by atoms with Crippen LogP contribution in [0.4, 0.5) is 5.82 Å². The van der Waals surface area contributed by atoms with Crippen molar-refractivity contribution in [2.45, 2.75) is 0 Å². The van der Waals surface area contributed by atoms with Crippen LogP contribution in [0, 0.1) is 0 Å². The van der Waals surface area contributed by atoms with Crippen LogP contribution in [-0.2, 0) is 0 Å². The molecule has 0 bridgehead atoms. The summed E-state index contributed by atoms with van der Waals surface area (Å²) >= 11 is 0. The third-order valence-electron chi connectivity index (χ3n) is 2.87. The third kappa shape index (κ3) is 2.59. The smallest absolute Gasteiger partial charge is 0.262 e. The molecule has 3 rings (SSSR count). The van der Waals surface area contributed by atoms with E-state index in [2.05, 4.69) is 15.5 Å². The van der Waals surface area contributed by atoms with Gasteiger partial charge in [0.1, 0.15) is 5.56 Å². The molecule has 0 spiro atoms. The average molecular weight is 281 g/mol. The second-order valence-corrected chi connectivity index (χ2v) is 4.26. The van der Waals surface area contributed by atoms with Gasteiger partial charge < -0.3 is 14.9 Å². The second-order valence-electron chi connectivity index (χ2n) is 4.26. The summed E-state index contributed by atoms with van der Waals surface area (Å²) in [6, 6.07) is 12.2. The number of nitrogens with one attached hydrogen (secondary N) is 1. The molecule has 0 aliphatic rings. The van der Waals surface area contributed by atoms with Gasteiger partial charge in [-0.05, 0) is 12.1 Å². The maximum atomic E-state index is 12.3. The molecule has 0 unspecified atom stereocenters. The van der Waals surface area contributed by atoms with Gasteiger partial charge in [-0.15, -0.1) is 0 Å². The van der Waals surface area contributed by atoms with Crippen LogP contribution in [0.25, 0.3) is 11.3 Å². The summed E-state index contributed by atoms with van der Waals surface area (Å²) in [5.41, 5.74) is 1.01. The minimum Gasteiger partial charge on any atom is -0.504 e. The maximum absolute atomic E-state index is 12.3. The second kappa shape index (κ2) is 5.46. The van der Waals surface area contributed by atoms with E-state index < -0.39 is 5.91 Å². The summed E-state index contributed by atoms with van der Waals surface area (Å²) in [7, 11) is 0. The number of amides is 1. The minimum atomic E-state index is -0.455. The summed E-state index contributed by atoms with van der Waals surface area (Å²) in [4.78, 5) is 16.2. The zero-order valence-electron chi connectivity index (χ0n) is 10.9. The van der Waals surface area contributed by atoms with Crippen LogP contribution in [-0.4, -0.2) is 21.2 Å². The largest absolute Gasteiger partial charge is 0.504 e. The fourth-order valence-electron chi connectivity index (χ4n) is 1.87.